The van der Waals surface area contributed by atoms with Crippen molar-refractivity contribution >= 4 is 23.8 Å². The molecule has 11 nitrogen and oxygen atoms in total. The van der Waals surface area contributed by atoms with E-state index in [0.29, 0.717) is 31.5 Å². The minimum Gasteiger partial charge on any atom is -0.444 e. The van der Waals surface area contributed by atoms with Crippen molar-refractivity contribution in [2.24, 2.45) is 0 Å². The first-order valence-corrected chi connectivity index (χ1v) is 13.9. The summed E-state index contributed by atoms with van der Waals surface area (Å²) in [5, 5.41) is 12.2. The molecule has 0 aromatic heterocycles. The Labute approximate surface area is 236 Å². The van der Waals surface area contributed by atoms with Crippen LogP contribution in [0.1, 0.15) is 68.9 Å². The maximum absolute atomic E-state index is 13.7. The highest BCUT2D eigenvalue weighted by molar-refractivity contribution is 5.94. The van der Waals surface area contributed by atoms with E-state index in [4.69, 9.17) is 4.74 Å². The summed E-state index contributed by atoms with van der Waals surface area (Å²) in [5.41, 5.74) is 0.759. The summed E-state index contributed by atoms with van der Waals surface area (Å²) < 4.78 is 5.55. The molecule has 1 aromatic carbocycles. The van der Waals surface area contributed by atoms with Crippen molar-refractivity contribution in [3.63, 3.8) is 0 Å². The fourth-order valence-electron chi connectivity index (χ4n) is 6.02. The molecular weight excluding hydrogens is 512 g/mol. The lowest BCUT2D eigenvalue weighted by Gasteiger charge is -2.40. The number of hydrogen-bond acceptors (Lipinski definition) is 7. The zero-order valence-electron chi connectivity index (χ0n) is 24.2. The molecule has 3 fully saturated rings. The van der Waals surface area contributed by atoms with Crippen molar-refractivity contribution in [3.8, 4) is 6.07 Å². The number of carbonyl (C=O) groups is 4. The molecule has 4 unspecified atom stereocenters. The van der Waals surface area contributed by atoms with E-state index in [1.54, 1.807) is 51.9 Å². The number of piperazine rings is 1. The number of fused-ring (bicyclic) bond motifs is 2. The van der Waals surface area contributed by atoms with E-state index in [2.05, 4.69) is 11.4 Å². The number of ether oxygens (including phenoxy) is 1. The Morgan fingerprint density at radius 3 is 2.48 bits per heavy atom. The molecular formula is C29H40N6O5. The van der Waals surface area contributed by atoms with Crippen LogP contribution in [0, 0.1) is 11.3 Å². The summed E-state index contributed by atoms with van der Waals surface area (Å²) in [4.78, 5) is 59.0. The Morgan fingerprint density at radius 2 is 1.90 bits per heavy atom. The van der Waals surface area contributed by atoms with Crippen LogP contribution in [0.4, 0.5) is 4.79 Å². The number of likely N-dealkylation sites (tertiary alicyclic amines) is 3. The molecule has 40 heavy (non-hydrogen) atoms. The smallest absolute Gasteiger partial charge is 0.410 e. The third kappa shape index (κ3) is 5.77. The van der Waals surface area contributed by atoms with Crippen LogP contribution in [0.5, 0.6) is 0 Å². The molecule has 5 atom stereocenters. The number of hydrogen-bond donors (Lipinski definition) is 1. The van der Waals surface area contributed by atoms with E-state index in [-0.39, 0.29) is 36.3 Å². The monoisotopic (exact) mass is 552 g/mol. The Hall–Kier alpha value is -3.65. The molecule has 3 aliphatic rings. The number of nitrogens with zero attached hydrogens (tertiary/aromatic N) is 5. The Bertz CT molecular complexity index is 1190. The molecule has 1 N–H and O–H groups in total. The molecule has 11 heteroatoms. The molecule has 0 aliphatic carbocycles. The standard InChI is InChI=1S/C29H40N6O5/c1-18(19-9-11-20(12-10-19)25(36)31-5)35-22-14-23(27(35)38)33(16-22)17-24(32(6)28(39)40-29(2,3)4)26(37)34-13-7-8-21(34)15-30/h9-12,18,21-24H,7-8,13-14,16-17H2,1-6H3,(H,31,36)/t18?,21?,22-,23?,24?/m0/s1. The molecule has 0 radical (unpaired) electrons. The predicted octanol–water partition coefficient (Wildman–Crippen LogP) is 2.14. The zero-order chi connectivity index (χ0) is 29.4. The van der Waals surface area contributed by atoms with Gasteiger partial charge in [-0.3, -0.25) is 24.2 Å². The van der Waals surface area contributed by atoms with Gasteiger partial charge < -0.3 is 19.9 Å². The first-order chi connectivity index (χ1) is 18.9. The third-order valence-electron chi connectivity index (χ3n) is 8.14. The van der Waals surface area contributed by atoms with Crippen molar-refractivity contribution < 1.29 is 23.9 Å². The molecule has 3 heterocycles. The van der Waals surface area contributed by atoms with Crippen LogP contribution >= 0.6 is 0 Å². The van der Waals surface area contributed by atoms with Gasteiger partial charge in [0, 0.05) is 45.3 Å². The van der Waals surface area contributed by atoms with Crippen LogP contribution < -0.4 is 5.32 Å². The van der Waals surface area contributed by atoms with Crippen LogP contribution in [0.3, 0.4) is 0 Å². The Balaban J connectivity index is 1.50. The van der Waals surface area contributed by atoms with Crippen molar-refractivity contribution in [2.75, 3.05) is 33.7 Å². The fourth-order valence-corrected chi connectivity index (χ4v) is 6.02. The van der Waals surface area contributed by atoms with Crippen LogP contribution in [0.25, 0.3) is 0 Å². The minimum atomic E-state index is -0.890. The van der Waals surface area contributed by atoms with E-state index in [1.807, 2.05) is 28.9 Å². The molecule has 216 valence electrons. The van der Waals surface area contributed by atoms with Crippen molar-refractivity contribution in [1.29, 1.82) is 5.26 Å². The first kappa shape index (κ1) is 29.3. The number of carbonyl (C=O) groups excluding carboxylic acids is 4. The topological polar surface area (TPSA) is 126 Å². The number of benzene rings is 1. The van der Waals surface area contributed by atoms with Gasteiger partial charge in [-0.25, -0.2) is 4.79 Å². The second-order valence-corrected chi connectivity index (χ2v) is 11.9. The molecule has 0 saturated carbocycles. The lowest BCUT2D eigenvalue weighted by atomic mass is 10.0. The lowest BCUT2D eigenvalue weighted by Crippen LogP contribution is -2.59. The van der Waals surface area contributed by atoms with E-state index < -0.39 is 29.8 Å². The average Bonchev–Trinajstić information content (AvgIpc) is 3.64. The van der Waals surface area contributed by atoms with Crippen LogP contribution in [-0.2, 0) is 14.3 Å². The second kappa shape index (κ2) is 11.5. The summed E-state index contributed by atoms with van der Waals surface area (Å²) in [6.07, 6.45) is 1.36. The summed E-state index contributed by atoms with van der Waals surface area (Å²) in [7, 11) is 3.13. The van der Waals surface area contributed by atoms with E-state index >= 15 is 0 Å². The predicted molar refractivity (Wildman–Crippen MR) is 147 cm³/mol. The fraction of sp³-hybridized carbons (Fsp3) is 0.621. The normalized spacial score (nSPS) is 24.0. The number of amides is 4. The SMILES string of the molecule is CNC(=O)c1ccc(C(C)N2C(=O)C3C[C@H]2CN3CC(C(=O)N2CCCC2C#N)N(C)C(=O)OC(C)(C)C)cc1. The van der Waals surface area contributed by atoms with E-state index in [0.717, 1.165) is 12.0 Å². The van der Waals surface area contributed by atoms with Gasteiger partial charge in [0.2, 0.25) is 11.8 Å². The molecule has 1 aromatic rings. The zero-order valence-corrected chi connectivity index (χ0v) is 24.2. The summed E-state index contributed by atoms with van der Waals surface area (Å²) >= 11 is 0. The van der Waals surface area contributed by atoms with Gasteiger partial charge in [0.05, 0.1) is 18.2 Å². The molecule has 3 aliphatic heterocycles. The number of likely N-dealkylation sites (N-methyl/N-ethyl adjacent to an activating group) is 1. The Morgan fingerprint density at radius 1 is 1.23 bits per heavy atom. The van der Waals surface area contributed by atoms with Crippen molar-refractivity contribution in [1.82, 2.24) is 24.9 Å². The van der Waals surface area contributed by atoms with E-state index in [1.165, 1.54) is 4.90 Å². The highest BCUT2D eigenvalue weighted by Gasteiger charge is 2.52. The van der Waals surface area contributed by atoms with Gasteiger partial charge in [-0.05, 0) is 64.7 Å². The summed E-state index contributed by atoms with van der Waals surface area (Å²) in [6, 6.07) is 7.44. The van der Waals surface area contributed by atoms with Crippen LogP contribution in [-0.4, -0.2) is 107 Å². The largest absolute Gasteiger partial charge is 0.444 e. The van der Waals surface area contributed by atoms with Gasteiger partial charge in [-0.15, -0.1) is 0 Å². The third-order valence-corrected chi connectivity index (χ3v) is 8.14. The number of nitriles is 1. The summed E-state index contributed by atoms with van der Waals surface area (Å²) in [5.74, 6) is -0.475. The van der Waals surface area contributed by atoms with Gasteiger partial charge >= 0.3 is 6.09 Å². The average molecular weight is 553 g/mol. The number of nitrogens with one attached hydrogen (secondary N) is 1. The van der Waals surface area contributed by atoms with E-state index in [9.17, 15) is 24.4 Å². The van der Waals surface area contributed by atoms with Crippen molar-refractivity contribution in [3.05, 3.63) is 35.4 Å². The maximum Gasteiger partial charge on any atom is 0.410 e. The molecule has 2 bridgehead atoms. The minimum absolute atomic E-state index is 0.0127. The van der Waals surface area contributed by atoms with Crippen LogP contribution in [0.15, 0.2) is 24.3 Å². The molecule has 4 amide bonds. The second-order valence-electron chi connectivity index (χ2n) is 11.9. The highest BCUT2D eigenvalue weighted by Crippen LogP contribution is 2.38. The van der Waals surface area contributed by atoms with Gasteiger partial charge in [0.1, 0.15) is 17.7 Å². The number of rotatable bonds is 7. The Kier molecular flexibility index (Phi) is 8.40. The van der Waals surface area contributed by atoms with Gasteiger partial charge in [-0.1, -0.05) is 12.1 Å². The highest BCUT2D eigenvalue weighted by atomic mass is 16.6. The molecule has 0 spiro atoms. The van der Waals surface area contributed by atoms with Gasteiger partial charge in [0.15, 0.2) is 0 Å². The summed E-state index contributed by atoms with van der Waals surface area (Å²) in [6.45, 7) is 8.50. The van der Waals surface area contributed by atoms with Crippen molar-refractivity contribution in [2.45, 2.75) is 82.8 Å². The first-order valence-electron chi connectivity index (χ1n) is 13.9. The molecule has 3 saturated heterocycles. The lowest BCUT2D eigenvalue weighted by molar-refractivity contribution is -0.143. The van der Waals surface area contributed by atoms with Gasteiger partial charge in [-0.2, -0.15) is 5.26 Å². The van der Waals surface area contributed by atoms with Gasteiger partial charge in [0.25, 0.3) is 5.91 Å². The maximum atomic E-state index is 13.7. The molecule has 4 rings (SSSR count). The van der Waals surface area contributed by atoms with Crippen LogP contribution in [0.2, 0.25) is 0 Å². The quantitative estimate of drug-likeness (QED) is 0.549.